The first-order valence-corrected chi connectivity index (χ1v) is 9.80. The van der Waals surface area contributed by atoms with Crippen LogP contribution < -0.4 is 5.32 Å². The molecule has 6 nitrogen and oxygen atoms in total. The molecular formula is C17H26NO5P. The van der Waals surface area contributed by atoms with Gasteiger partial charge in [-0.2, -0.15) is 0 Å². The summed E-state index contributed by atoms with van der Waals surface area (Å²) in [7, 11) is -4.47. The molecule has 0 bridgehead atoms. The van der Waals surface area contributed by atoms with Gasteiger partial charge >= 0.3 is 13.7 Å². The van der Waals surface area contributed by atoms with Gasteiger partial charge in [-0.15, -0.1) is 0 Å². The van der Waals surface area contributed by atoms with Gasteiger partial charge in [-0.05, 0) is 31.2 Å². The summed E-state index contributed by atoms with van der Waals surface area (Å²) in [6.45, 7) is 2.19. The molecule has 1 aromatic rings. The number of rotatable bonds is 10. The van der Waals surface area contributed by atoms with Crippen molar-refractivity contribution in [3.63, 3.8) is 0 Å². The van der Waals surface area contributed by atoms with Crippen molar-refractivity contribution < 1.29 is 23.9 Å². The van der Waals surface area contributed by atoms with E-state index in [2.05, 4.69) is 5.32 Å². The zero-order chi connectivity index (χ0) is 17.8. The van der Waals surface area contributed by atoms with Crippen LogP contribution in [0.15, 0.2) is 42.5 Å². The summed E-state index contributed by atoms with van der Waals surface area (Å²) < 4.78 is 16.3. The Morgan fingerprint density at radius 2 is 2.00 bits per heavy atom. The van der Waals surface area contributed by atoms with Gasteiger partial charge in [-0.3, -0.25) is 4.57 Å². The molecule has 1 rings (SSSR count). The van der Waals surface area contributed by atoms with E-state index in [9.17, 15) is 19.1 Å². The van der Waals surface area contributed by atoms with Gasteiger partial charge in [0.25, 0.3) is 0 Å². The Labute approximate surface area is 143 Å². The fraction of sp³-hybridized carbons (Fsp3) is 0.471. The summed E-state index contributed by atoms with van der Waals surface area (Å²) in [5, 5.41) is 2.21. The molecule has 1 atom stereocenters. The quantitative estimate of drug-likeness (QED) is 0.339. The second-order valence-electron chi connectivity index (χ2n) is 5.47. The Morgan fingerprint density at radius 3 is 2.62 bits per heavy atom. The summed E-state index contributed by atoms with van der Waals surface area (Å²) in [5.74, 6) is -1.36. The molecule has 1 aromatic carbocycles. The fourth-order valence-electron chi connectivity index (χ4n) is 2.01. The van der Waals surface area contributed by atoms with Gasteiger partial charge in [0.15, 0.2) is 5.78 Å². The maximum Gasteiger partial charge on any atom is 0.408 e. The van der Waals surface area contributed by atoms with Crippen molar-refractivity contribution in [2.24, 2.45) is 0 Å². The molecule has 3 N–H and O–H groups in total. The molecule has 134 valence electrons. The van der Waals surface area contributed by atoms with Crippen molar-refractivity contribution in [2.75, 3.05) is 6.61 Å². The Kier molecular flexibility index (Phi) is 9.38. The number of hydrogen-bond donors (Lipinski definition) is 3. The SMILES string of the molecule is CCCCOC(=O)NC(/C=C/CCCc1ccccc1)P(=O)(O)O. The maximum atomic E-state index is 11.5. The van der Waals surface area contributed by atoms with Crippen LogP contribution in [0.5, 0.6) is 0 Å². The predicted molar refractivity (Wildman–Crippen MR) is 93.7 cm³/mol. The zero-order valence-electron chi connectivity index (χ0n) is 13.9. The number of alkyl carbamates (subject to hydrolysis) is 1. The fourth-order valence-corrected chi connectivity index (χ4v) is 2.63. The van der Waals surface area contributed by atoms with Gasteiger partial charge in [0.05, 0.1) is 6.61 Å². The first-order valence-electron chi connectivity index (χ1n) is 8.12. The summed E-state index contributed by atoms with van der Waals surface area (Å²) in [4.78, 5) is 30.2. The van der Waals surface area contributed by atoms with E-state index >= 15 is 0 Å². The molecule has 0 spiro atoms. The van der Waals surface area contributed by atoms with Gasteiger partial charge in [0, 0.05) is 0 Å². The van der Waals surface area contributed by atoms with Crippen LogP contribution in [0.25, 0.3) is 0 Å². The van der Waals surface area contributed by atoms with E-state index in [0.717, 1.165) is 19.3 Å². The minimum atomic E-state index is -4.47. The molecule has 24 heavy (non-hydrogen) atoms. The highest BCUT2D eigenvalue weighted by atomic mass is 31.2. The second kappa shape index (κ2) is 11.0. The van der Waals surface area contributed by atoms with E-state index in [1.54, 1.807) is 6.08 Å². The van der Waals surface area contributed by atoms with Crippen LogP contribution in [-0.2, 0) is 15.7 Å². The number of carbonyl (C=O) groups is 1. The van der Waals surface area contributed by atoms with E-state index in [-0.39, 0.29) is 6.61 Å². The predicted octanol–water partition coefficient (Wildman–Crippen LogP) is 3.60. The summed E-state index contributed by atoms with van der Waals surface area (Å²) in [6.07, 6.45) is 6.20. The lowest BCUT2D eigenvalue weighted by molar-refractivity contribution is 0.143. The number of ether oxygens (including phenoxy) is 1. The third-order valence-corrected chi connectivity index (χ3v) is 4.38. The van der Waals surface area contributed by atoms with Crippen LogP contribution in [0.3, 0.4) is 0 Å². The first-order chi connectivity index (χ1) is 11.4. The highest BCUT2D eigenvalue weighted by molar-refractivity contribution is 7.52. The van der Waals surface area contributed by atoms with Crippen LogP contribution >= 0.6 is 7.60 Å². The van der Waals surface area contributed by atoms with Crippen molar-refractivity contribution in [1.29, 1.82) is 0 Å². The third-order valence-electron chi connectivity index (χ3n) is 3.36. The van der Waals surface area contributed by atoms with Crippen LogP contribution in [0.2, 0.25) is 0 Å². The average molecular weight is 355 g/mol. The minimum Gasteiger partial charge on any atom is -0.450 e. The first kappa shape index (κ1) is 20.4. The van der Waals surface area contributed by atoms with E-state index in [4.69, 9.17) is 4.74 Å². The highest BCUT2D eigenvalue weighted by Crippen LogP contribution is 2.40. The summed E-state index contributed by atoms with van der Waals surface area (Å²) in [6, 6.07) is 9.98. The molecule has 7 heteroatoms. The third kappa shape index (κ3) is 8.87. The van der Waals surface area contributed by atoms with Crippen LogP contribution in [0.4, 0.5) is 4.79 Å². The zero-order valence-corrected chi connectivity index (χ0v) is 14.8. The number of allylic oxidation sites excluding steroid dienone is 1. The van der Waals surface area contributed by atoms with Crippen LogP contribution in [0, 0.1) is 0 Å². The van der Waals surface area contributed by atoms with Crippen LogP contribution in [-0.4, -0.2) is 28.3 Å². The Bertz CT molecular complexity index is 555. The van der Waals surface area contributed by atoms with Gasteiger partial charge in [0.1, 0.15) is 0 Å². The normalized spacial score (nSPS) is 13.0. The molecule has 1 amide bonds. The molecule has 0 aromatic heterocycles. The van der Waals surface area contributed by atoms with E-state index < -0.39 is 19.5 Å². The number of unbranched alkanes of at least 4 members (excludes halogenated alkanes) is 2. The molecular weight excluding hydrogens is 329 g/mol. The molecule has 0 aliphatic carbocycles. The Hall–Kier alpha value is -1.62. The van der Waals surface area contributed by atoms with Crippen molar-refractivity contribution in [3.8, 4) is 0 Å². The summed E-state index contributed by atoms with van der Waals surface area (Å²) >= 11 is 0. The molecule has 0 saturated carbocycles. The molecule has 0 radical (unpaired) electrons. The van der Waals surface area contributed by atoms with Gasteiger partial charge in [-0.25, -0.2) is 4.79 Å². The Balaban J connectivity index is 2.42. The second-order valence-corrected chi connectivity index (χ2v) is 7.21. The highest BCUT2D eigenvalue weighted by Gasteiger charge is 2.28. The Morgan fingerprint density at radius 1 is 1.29 bits per heavy atom. The average Bonchev–Trinajstić information content (AvgIpc) is 2.53. The standard InChI is InChI=1S/C17H26NO5P/c1-2-3-14-23-17(19)18-16(24(20,21)22)13-9-5-8-12-15-10-6-4-7-11-15/h4,6-7,9-11,13,16H,2-3,5,8,12,14H2,1H3,(H,18,19)(H2,20,21,22)/b13-9+. The molecule has 0 fully saturated rings. The number of aryl methyl sites for hydroxylation is 1. The monoisotopic (exact) mass is 355 g/mol. The minimum absolute atomic E-state index is 0.233. The van der Waals surface area contributed by atoms with Gasteiger partial charge in [-0.1, -0.05) is 55.8 Å². The van der Waals surface area contributed by atoms with Gasteiger partial charge in [0.2, 0.25) is 0 Å². The lowest BCUT2D eigenvalue weighted by Gasteiger charge is -2.16. The number of nitrogens with one attached hydrogen (secondary N) is 1. The molecule has 0 aliphatic heterocycles. The van der Waals surface area contributed by atoms with E-state index in [0.29, 0.717) is 12.8 Å². The van der Waals surface area contributed by atoms with Crippen molar-refractivity contribution >= 4 is 13.7 Å². The number of carbonyl (C=O) groups excluding carboxylic acids is 1. The maximum absolute atomic E-state index is 11.5. The largest absolute Gasteiger partial charge is 0.450 e. The summed E-state index contributed by atoms with van der Waals surface area (Å²) in [5.41, 5.74) is 1.22. The van der Waals surface area contributed by atoms with Gasteiger partial charge < -0.3 is 19.8 Å². The van der Waals surface area contributed by atoms with Crippen molar-refractivity contribution in [2.45, 2.75) is 44.8 Å². The lowest BCUT2D eigenvalue weighted by atomic mass is 10.1. The van der Waals surface area contributed by atoms with E-state index in [1.807, 2.05) is 37.3 Å². The number of amides is 1. The van der Waals surface area contributed by atoms with Crippen LogP contribution in [0.1, 0.15) is 38.2 Å². The van der Waals surface area contributed by atoms with Crippen molar-refractivity contribution in [3.05, 3.63) is 48.0 Å². The number of hydrogen-bond acceptors (Lipinski definition) is 3. The van der Waals surface area contributed by atoms with Crippen molar-refractivity contribution in [1.82, 2.24) is 5.32 Å². The topological polar surface area (TPSA) is 95.9 Å². The lowest BCUT2D eigenvalue weighted by Crippen LogP contribution is -2.34. The molecule has 1 unspecified atom stereocenters. The molecule has 0 saturated heterocycles. The smallest absolute Gasteiger partial charge is 0.408 e. The van der Waals surface area contributed by atoms with E-state index in [1.165, 1.54) is 11.6 Å². The molecule has 0 heterocycles. The number of benzene rings is 1. The molecule has 0 aliphatic rings.